The summed E-state index contributed by atoms with van der Waals surface area (Å²) in [7, 11) is 0. The Kier molecular flexibility index (Phi) is 3.00. The molecular weight excluding hydrogens is 270 g/mol. The van der Waals surface area contributed by atoms with Crippen LogP contribution in [-0.4, -0.2) is 32.0 Å². The Morgan fingerprint density at radius 3 is 2.50 bits per heavy atom. The summed E-state index contributed by atoms with van der Waals surface area (Å²) >= 11 is 1.66. The highest BCUT2D eigenvalue weighted by molar-refractivity contribution is 7.19. The van der Waals surface area contributed by atoms with Gasteiger partial charge in [0.05, 0.1) is 15.6 Å². The first-order valence-electron chi connectivity index (χ1n) is 7.67. The quantitative estimate of drug-likeness (QED) is 0.835. The monoisotopic (exact) mass is 291 g/mol. The second-order valence-corrected chi connectivity index (χ2v) is 7.21. The molecule has 0 atom stereocenters. The Morgan fingerprint density at radius 1 is 1.20 bits per heavy atom. The SMILES string of the molecule is Nc1c(C(=O)C2CC2)sc(N2CCNCC2)c1C1CC1. The molecule has 2 saturated carbocycles. The summed E-state index contributed by atoms with van der Waals surface area (Å²) in [6, 6.07) is 0. The second-order valence-electron chi connectivity index (χ2n) is 6.21. The summed E-state index contributed by atoms with van der Waals surface area (Å²) in [5.74, 6) is 1.17. The number of hydrogen-bond donors (Lipinski definition) is 2. The van der Waals surface area contributed by atoms with Crippen LogP contribution in [0.5, 0.6) is 0 Å². The number of thiophene rings is 1. The van der Waals surface area contributed by atoms with Gasteiger partial charge in [0.2, 0.25) is 0 Å². The van der Waals surface area contributed by atoms with Gasteiger partial charge in [-0.15, -0.1) is 11.3 Å². The van der Waals surface area contributed by atoms with Gasteiger partial charge in [0.15, 0.2) is 5.78 Å². The Balaban J connectivity index is 1.72. The highest BCUT2D eigenvalue weighted by atomic mass is 32.1. The van der Waals surface area contributed by atoms with E-state index in [1.165, 1.54) is 23.4 Å². The summed E-state index contributed by atoms with van der Waals surface area (Å²) in [4.78, 5) is 15.7. The zero-order valence-electron chi connectivity index (χ0n) is 11.7. The third kappa shape index (κ3) is 2.13. The molecule has 0 aromatic carbocycles. The molecule has 3 aliphatic rings. The van der Waals surface area contributed by atoms with Crippen LogP contribution in [0.25, 0.3) is 0 Å². The molecule has 3 N–H and O–H groups in total. The van der Waals surface area contributed by atoms with E-state index in [9.17, 15) is 4.79 Å². The van der Waals surface area contributed by atoms with Gasteiger partial charge >= 0.3 is 0 Å². The number of carbonyl (C=O) groups excluding carboxylic acids is 1. The van der Waals surface area contributed by atoms with Gasteiger partial charge in [-0.25, -0.2) is 0 Å². The number of nitrogen functional groups attached to an aromatic ring is 1. The highest BCUT2D eigenvalue weighted by Gasteiger charge is 2.38. The number of nitrogens with two attached hydrogens (primary N) is 1. The van der Waals surface area contributed by atoms with Gasteiger partial charge < -0.3 is 16.0 Å². The van der Waals surface area contributed by atoms with Crippen LogP contribution in [0.15, 0.2) is 0 Å². The van der Waals surface area contributed by atoms with E-state index in [4.69, 9.17) is 5.73 Å². The maximum absolute atomic E-state index is 12.4. The summed E-state index contributed by atoms with van der Waals surface area (Å²) in [5, 5.41) is 4.67. The Bertz CT molecular complexity index is 540. The largest absolute Gasteiger partial charge is 0.397 e. The average molecular weight is 291 g/mol. The first-order valence-corrected chi connectivity index (χ1v) is 8.49. The predicted octanol–water partition coefficient (Wildman–Crippen LogP) is 2.21. The lowest BCUT2D eigenvalue weighted by atomic mass is 10.1. The van der Waals surface area contributed by atoms with Gasteiger partial charge in [0.1, 0.15) is 0 Å². The average Bonchev–Trinajstić information content (AvgIpc) is 3.37. The summed E-state index contributed by atoms with van der Waals surface area (Å²) < 4.78 is 0. The van der Waals surface area contributed by atoms with Crippen molar-refractivity contribution >= 4 is 27.8 Å². The minimum atomic E-state index is 0.263. The van der Waals surface area contributed by atoms with Crippen molar-refractivity contribution in [2.24, 2.45) is 5.92 Å². The van der Waals surface area contributed by atoms with Crippen LogP contribution < -0.4 is 16.0 Å². The second kappa shape index (κ2) is 4.74. The van der Waals surface area contributed by atoms with E-state index in [1.54, 1.807) is 11.3 Å². The van der Waals surface area contributed by atoms with Crippen molar-refractivity contribution in [1.29, 1.82) is 0 Å². The topological polar surface area (TPSA) is 58.4 Å². The minimum absolute atomic E-state index is 0.263. The molecule has 2 heterocycles. The normalized spacial score (nSPS) is 23.1. The van der Waals surface area contributed by atoms with Gasteiger partial charge in [0, 0.05) is 37.7 Å². The third-order valence-corrected chi connectivity index (χ3v) is 5.82. The maximum atomic E-state index is 12.4. The Morgan fingerprint density at radius 2 is 1.90 bits per heavy atom. The van der Waals surface area contributed by atoms with Gasteiger partial charge in [-0.3, -0.25) is 4.79 Å². The molecule has 1 aromatic heterocycles. The molecule has 0 spiro atoms. The van der Waals surface area contributed by atoms with E-state index in [-0.39, 0.29) is 5.92 Å². The smallest absolute Gasteiger partial charge is 0.178 e. The standard InChI is InChI=1S/C15H21N3OS/c16-12-11(9-1-2-9)15(18-7-5-17-6-8-18)20-14(12)13(19)10-3-4-10/h9-10,17H,1-8,16H2. The van der Waals surface area contributed by atoms with E-state index in [2.05, 4.69) is 10.2 Å². The van der Waals surface area contributed by atoms with E-state index in [1.807, 2.05) is 0 Å². The number of nitrogens with zero attached hydrogens (tertiary/aromatic N) is 1. The van der Waals surface area contributed by atoms with Crippen molar-refractivity contribution in [2.75, 3.05) is 36.8 Å². The molecule has 20 heavy (non-hydrogen) atoms. The number of Topliss-reactive ketones (excluding diaryl/α,β-unsaturated/α-hetero) is 1. The zero-order chi connectivity index (χ0) is 13.7. The van der Waals surface area contributed by atoms with Crippen LogP contribution in [0.1, 0.15) is 46.8 Å². The molecule has 5 heteroatoms. The fourth-order valence-electron chi connectivity index (χ4n) is 3.03. The van der Waals surface area contributed by atoms with E-state index in [0.29, 0.717) is 11.7 Å². The van der Waals surface area contributed by atoms with Crippen LogP contribution in [0, 0.1) is 5.92 Å². The zero-order valence-corrected chi connectivity index (χ0v) is 12.5. The molecule has 0 amide bonds. The molecule has 0 bridgehead atoms. The minimum Gasteiger partial charge on any atom is -0.397 e. The lowest BCUT2D eigenvalue weighted by Crippen LogP contribution is -2.43. The number of rotatable bonds is 4. The molecule has 1 aliphatic heterocycles. The van der Waals surface area contributed by atoms with Gasteiger partial charge in [0.25, 0.3) is 0 Å². The van der Waals surface area contributed by atoms with Crippen molar-refractivity contribution in [3.8, 4) is 0 Å². The number of carbonyl (C=O) groups is 1. The maximum Gasteiger partial charge on any atom is 0.178 e. The molecule has 4 rings (SSSR count). The van der Waals surface area contributed by atoms with Gasteiger partial charge in [-0.1, -0.05) is 0 Å². The highest BCUT2D eigenvalue weighted by Crippen LogP contribution is 2.53. The number of piperazine rings is 1. The van der Waals surface area contributed by atoms with Crippen LogP contribution in [0.3, 0.4) is 0 Å². The molecule has 1 aromatic rings. The number of nitrogens with one attached hydrogen (secondary N) is 1. The van der Waals surface area contributed by atoms with E-state index in [0.717, 1.165) is 49.6 Å². The summed E-state index contributed by atoms with van der Waals surface area (Å²) in [6.07, 6.45) is 4.57. The van der Waals surface area contributed by atoms with Crippen molar-refractivity contribution in [1.82, 2.24) is 5.32 Å². The van der Waals surface area contributed by atoms with Crippen molar-refractivity contribution < 1.29 is 4.79 Å². The first kappa shape index (κ1) is 12.7. The van der Waals surface area contributed by atoms with Gasteiger partial charge in [-0.2, -0.15) is 0 Å². The summed E-state index contributed by atoms with van der Waals surface area (Å²) in [6.45, 7) is 4.09. The molecular formula is C15H21N3OS. The van der Waals surface area contributed by atoms with Gasteiger partial charge in [-0.05, 0) is 31.6 Å². The first-order chi connectivity index (χ1) is 9.75. The molecule has 3 fully saturated rings. The van der Waals surface area contributed by atoms with Crippen LogP contribution in [0.2, 0.25) is 0 Å². The van der Waals surface area contributed by atoms with Crippen molar-refractivity contribution in [3.05, 3.63) is 10.4 Å². The summed E-state index contributed by atoms with van der Waals surface area (Å²) in [5.41, 5.74) is 8.47. The molecule has 0 radical (unpaired) electrons. The van der Waals surface area contributed by atoms with Crippen molar-refractivity contribution in [3.63, 3.8) is 0 Å². The number of hydrogen-bond acceptors (Lipinski definition) is 5. The number of ketones is 1. The Labute approximate surface area is 123 Å². The molecule has 2 aliphatic carbocycles. The lowest BCUT2D eigenvalue weighted by Gasteiger charge is -2.29. The van der Waals surface area contributed by atoms with E-state index >= 15 is 0 Å². The van der Waals surface area contributed by atoms with E-state index < -0.39 is 0 Å². The molecule has 0 unspecified atom stereocenters. The molecule has 1 saturated heterocycles. The lowest BCUT2D eigenvalue weighted by molar-refractivity contribution is 0.0972. The predicted molar refractivity (Wildman–Crippen MR) is 82.8 cm³/mol. The molecule has 108 valence electrons. The van der Waals surface area contributed by atoms with Crippen LogP contribution in [-0.2, 0) is 0 Å². The number of anilines is 2. The third-order valence-electron chi connectivity index (χ3n) is 4.53. The Hall–Kier alpha value is -1.07. The van der Waals surface area contributed by atoms with Crippen molar-refractivity contribution in [2.45, 2.75) is 31.6 Å². The fraction of sp³-hybridized carbons (Fsp3) is 0.667. The molecule has 4 nitrogen and oxygen atoms in total. The fourth-order valence-corrected chi connectivity index (χ4v) is 4.41. The van der Waals surface area contributed by atoms with Crippen LogP contribution in [0.4, 0.5) is 10.7 Å². The van der Waals surface area contributed by atoms with Crippen LogP contribution >= 0.6 is 11.3 Å².